The van der Waals surface area contributed by atoms with E-state index in [1.54, 1.807) is 24.3 Å². The first kappa shape index (κ1) is 18.0. The highest BCUT2D eigenvalue weighted by atomic mass is 35.5. The van der Waals surface area contributed by atoms with Gasteiger partial charge in [0.25, 0.3) is 0 Å². The predicted molar refractivity (Wildman–Crippen MR) is 95.8 cm³/mol. The second-order valence-corrected chi connectivity index (χ2v) is 5.90. The highest BCUT2D eigenvalue weighted by Crippen LogP contribution is 2.27. The Kier molecular flexibility index (Phi) is 6.85. The van der Waals surface area contributed by atoms with Gasteiger partial charge in [0.15, 0.2) is 5.84 Å². The SMILES string of the molecule is N#C/C(=N\Nc1ccc(OCCN2CCCCC2)c(Cl)c1)C(=N)N. The van der Waals surface area contributed by atoms with Crippen LogP contribution in [-0.4, -0.2) is 42.7 Å². The number of ether oxygens (including phenoxy) is 1. The Morgan fingerprint density at radius 3 is 2.79 bits per heavy atom. The van der Waals surface area contributed by atoms with E-state index in [1.165, 1.54) is 19.3 Å². The van der Waals surface area contributed by atoms with Gasteiger partial charge in [-0.1, -0.05) is 18.0 Å². The highest BCUT2D eigenvalue weighted by molar-refractivity contribution is 6.45. The molecule has 4 N–H and O–H groups in total. The number of benzene rings is 1. The van der Waals surface area contributed by atoms with Crippen molar-refractivity contribution in [3.63, 3.8) is 0 Å². The lowest BCUT2D eigenvalue weighted by molar-refractivity contribution is 0.183. The summed E-state index contributed by atoms with van der Waals surface area (Å²) in [5.74, 6) is 0.212. The third-order valence-electron chi connectivity index (χ3n) is 3.70. The summed E-state index contributed by atoms with van der Waals surface area (Å²) in [5, 5.41) is 20.2. The molecule has 0 spiro atoms. The van der Waals surface area contributed by atoms with Crippen molar-refractivity contribution < 1.29 is 4.74 Å². The minimum absolute atomic E-state index is 0.187. The minimum atomic E-state index is -0.395. The fourth-order valence-electron chi connectivity index (χ4n) is 2.42. The molecule has 1 heterocycles. The van der Waals surface area contributed by atoms with Gasteiger partial charge in [0.1, 0.15) is 18.4 Å². The van der Waals surface area contributed by atoms with Gasteiger partial charge in [-0.05, 0) is 44.1 Å². The van der Waals surface area contributed by atoms with Crippen LogP contribution in [0.1, 0.15) is 19.3 Å². The zero-order valence-corrected chi connectivity index (χ0v) is 14.1. The van der Waals surface area contributed by atoms with E-state index in [9.17, 15) is 0 Å². The molecular weight excluding hydrogens is 328 g/mol. The third-order valence-corrected chi connectivity index (χ3v) is 4.00. The molecule has 0 amide bonds. The summed E-state index contributed by atoms with van der Waals surface area (Å²) in [6.45, 7) is 3.75. The molecule has 24 heavy (non-hydrogen) atoms. The number of hydrazone groups is 1. The van der Waals surface area contributed by atoms with E-state index in [4.69, 9.17) is 32.7 Å². The summed E-state index contributed by atoms with van der Waals surface area (Å²) < 4.78 is 5.74. The molecule has 0 aliphatic carbocycles. The van der Waals surface area contributed by atoms with Crippen molar-refractivity contribution >= 4 is 28.8 Å². The molecule has 0 aromatic heterocycles. The average Bonchev–Trinajstić information content (AvgIpc) is 2.58. The monoisotopic (exact) mass is 348 g/mol. The molecule has 8 heteroatoms. The van der Waals surface area contributed by atoms with Crippen molar-refractivity contribution in [3.05, 3.63) is 23.2 Å². The summed E-state index contributed by atoms with van der Waals surface area (Å²) in [7, 11) is 0. The number of piperidine rings is 1. The number of anilines is 1. The fourth-order valence-corrected chi connectivity index (χ4v) is 2.66. The summed E-state index contributed by atoms with van der Waals surface area (Å²) >= 11 is 6.20. The Morgan fingerprint density at radius 2 is 2.17 bits per heavy atom. The van der Waals surface area contributed by atoms with Crippen LogP contribution in [0.2, 0.25) is 5.02 Å². The molecule has 1 aromatic rings. The molecular formula is C16H21ClN6O. The number of halogens is 1. The van der Waals surface area contributed by atoms with Crippen molar-refractivity contribution in [2.24, 2.45) is 10.8 Å². The predicted octanol–water partition coefficient (Wildman–Crippen LogP) is 2.43. The second kappa shape index (κ2) is 9.11. The number of rotatable bonds is 7. The number of likely N-dealkylation sites (tertiary alicyclic amines) is 1. The zero-order chi connectivity index (χ0) is 17.4. The van der Waals surface area contributed by atoms with Crippen molar-refractivity contribution in [3.8, 4) is 11.8 Å². The Morgan fingerprint density at radius 1 is 1.42 bits per heavy atom. The molecule has 0 unspecified atom stereocenters. The van der Waals surface area contributed by atoms with Gasteiger partial charge in [-0.3, -0.25) is 15.7 Å². The van der Waals surface area contributed by atoms with Gasteiger partial charge in [0.2, 0.25) is 5.71 Å². The van der Waals surface area contributed by atoms with Crippen molar-refractivity contribution in [1.29, 1.82) is 10.7 Å². The summed E-state index contributed by atoms with van der Waals surface area (Å²) in [6.07, 6.45) is 3.83. The van der Waals surface area contributed by atoms with Gasteiger partial charge < -0.3 is 10.5 Å². The number of amidine groups is 1. The lowest BCUT2D eigenvalue weighted by atomic mass is 10.1. The molecule has 0 saturated carbocycles. The van der Waals surface area contributed by atoms with Gasteiger partial charge in [-0.25, -0.2) is 0 Å². The maximum absolute atomic E-state index is 8.79. The molecule has 0 radical (unpaired) electrons. The van der Waals surface area contributed by atoms with E-state index < -0.39 is 5.84 Å². The molecule has 128 valence electrons. The first-order valence-corrected chi connectivity index (χ1v) is 8.21. The second-order valence-electron chi connectivity index (χ2n) is 5.49. The van der Waals surface area contributed by atoms with Crippen LogP contribution < -0.4 is 15.9 Å². The molecule has 1 saturated heterocycles. The van der Waals surface area contributed by atoms with Crippen molar-refractivity contribution in [2.45, 2.75) is 19.3 Å². The number of nitrogens with zero attached hydrogens (tertiary/aromatic N) is 3. The third kappa shape index (κ3) is 5.41. The lowest BCUT2D eigenvalue weighted by Crippen LogP contribution is -2.33. The standard InChI is InChI=1S/C16H21ClN6O/c17-13-10-12(21-22-14(11-18)16(19)20)4-5-15(13)24-9-8-23-6-2-1-3-7-23/h4-5,10,21H,1-3,6-9H2,(H3,19,20)/b22-14+. The summed E-state index contributed by atoms with van der Waals surface area (Å²) in [6, 6.07) is 6.86. The van der Waals surface area contributed by atoms with Crippen molar-refractivity contribution in [2.75, 3.05) is 31.7 Å². The normalized spacial score (nSPS) is 15.6. The largest absolute Gasteiger partial charge is 0.491 e. The van der Waals surface area contributed by atoms with Crippen LogP contribution >= 0.6 is 11.6 Å². The van der Waals surface area contributed by atoms with E-state index >= 15 is 0 Å². The van der Waals surface area contributed by atoms with E-state index in [2.05, 4.69) is 15.4 Å². The van der Waals surface area contributed by atoms with Gasteiger partial charge in [0, 0.05) is 6.54 Å². The fraction of sp³-hybridized carbons (Fsp3) is 0.438. The maximum Gasteiger partial charge on any atom is 0.201 e. The van der Waals surface area contributed by atoms with Crippen LogP contribution in [-0.2, 0) is 0 Å². The quantitative estimate of drug-likeness (QED) is 0.398. The van der Waals surface area contributed by atoms with E-state index in [0.29, 0.717) is 23.1 Å². The molecule has 1 aliphatic heterocycles. The maximum atomic E-state index is 8.79. The van der Waals surface area contributed by atoms with Crippen LogP contribution in [0, 0.1) is 16.7 Å². The number of nitrogens with two attached hydrogens (primary N) is 1. The van der Waals surface area contributed by atoms with E-state index in [1.807, 2.05) is 0 Å². The number of hydrogen-bond donors (Lipinski definition) is 3. The van der Waals surface area contributed by atoms with Gasteiger partial charge in [0.05, 0.1) is 10.7 Å². The highest BCUT2D eigenvalue weighted by Gasteiger charge is 2.10. The number of nitriles is 1. The Balaban J connectivity index is 1.87. The summed E-state index contributed by atoms with van der Waals surface area (Å²) in [5.41, 5.74) is 8.26. The van der Waals surface area contributed by atoms with Crippen LogP contribution in [0.3, 0.4) is 0 Å². The van der Waals surface area contributed by atoms with E-state index in [-0.39, 0.29) is 5.71 Å². The Labute approximate surface area is 146 Å². The topological polar surface area (TPSA) is 111 Å². The molecule has 0 atom stereocenters. The first-order chi connectivity index (χ1) is 11.6. The van der Waals surface area contributed by atoms with Gasteiger partial charge in [-0.15, -0.1) is 0 Å². The first-order valence-electron chi connectivity index (χ1n) is 7.83. The van der Waals surface area contributed by atoms with E-state index in [0.717, 1.165) is 19.6 Å². The average molecular weight is 349 g/mol. The molecule has 1 fully saturated rings. The van der Waals surface area contributed by atoms with Crippen LogP contribution in [0.5, 0.6) is 5.75 Å². The number of nitrogens with one attached hydrogen (secondary N) is 2. The van der Waals surface area contributed by atoms with Crippen LogP contribution in [0.4, 0.5) is 5.69 Å². The number of hydrogen-bond acceptors (Lipinski definition) is 6. The Bertz CT molecular complexity index is 648. The molecule has 1 aromatic carbocycles. The van der Waals surface area contributed by atoms with Gasteiger partial charge >= 0.3 is 0 Å². The minimum Gasteiger partial charge on any atom is -0.491 e. The smallest absolute Gasteiger partial charge is 0.201 e. The molecule has 7 nitrogen and oxygen atoms in total. The molecule has 0 bridgehead atoms. The van der Waals surface area contributed by atoms with Crippen molar-refractivity contribution in [1.82, 2.24) is 4.90 Å². The Hall–Kier alpha value is -2.30. The van der Waals surface area contributed by atoms with Crippen LogP contribution in [0.15, 0.2) is 23.3 Å². The van der Waals surface area contributed by atoms with Gasteiger partial charge in [-0.2, -0.15) is 10.4 Å². The van der Waals surface area contributed by atoms with Crippen LogP contribution in [0.25, 0.3) is 0 Å². The zero-order valence-electron chi connectivity index (χ0n) is 13.4. The molecule has 2 rings (SSSR count). The summed E-state index contributed by atoms with van der Waals surface area (Å²) in [4.78, 5) is 2.40. The molecule has 1 aliphatic rings. The lowest BCUT2D eigenvalue weighted by Gasteiger charge is -2.26.